The largest absolute Gasteiger partial charge is 0.358 e. The lowest BCUT2D eigenvalue weighted by Gasteiger charge is -2.42. The number of carbonyl (C=O) groups excluding carboxylic acids is 2. The Kier molecular flexibility index (Phi) is 2.67. The number of rotatable bonds is 0. The van der Waals surface area contributed by atoms with Gasteiger partial charge in [0.1, 0.15) is 0 Å². The van der Waals surface area contributed by atoms with E-state index in [-0.39, 0.29) is 35.5 Å². The minimum Gasteiger partial charge on any atom is -0.358 e. The Morgan fingerprint density at radius 3 is 2.62 bits per heavy atom. The molecule has 2 heterocycles. The maximum absolute atomic E-state index is 12.8. The number of nitrogens with one attached hydrogen (secondary N) is 2. The van der Waals surface area contributed by atoms with Crippen molar-refractivity contribution in [1.29, 1.82) is 0 Å². The number of carbonyl (C=O) groups is 2. The number of benzene rings is 2. The quantitative estimate of drug-likeness (QED) is 0.616. The van der Waals surface area contributed by atoms with Gasteiger partial charge in [0.25, 0.3) is 0 Å². The van der Waals surface area contributed by atoms with Gasteiger partial charge in [0, 0.05) is 28.4 Å². The van der Waals surface area contributed by atoms with Crippen molar-refractivity contribution in [2.45, 2.75) is 30.6 Å². The summed E-state index contributed by atoms with van der Waals surface area (Å²) in [5.41, 5.74) is 5.83. The van der Waals surface area contributed by atoms with Crippen LogP contribution >= 0.6 is 0 Å². The van der Waals surface area contributed by atoms with E-state index in [1.165, 1.54) is 11.1 Å². The average Bonchev–Trinajstić information content (AvgIpc) is 3.19. The van der Waals surface area contributed by atoms with Crippen LogP contribution in [0.4, 0.5) is 0 Å². The first-order chi connectivity index (χ1) is 12.7. The molecule has 2 amide bonds. The Morgan fingerprint density at radius 2 is 1.69 bits per heavy atom. The summed E-state index contributed by atoms with van der Waals surface area (Å²) < 4.78 is 0. The van der Waals surface area contributed by atoms with Crippen molar-refractivity contribution >= 4 is 22.7 Å². The summed E-state index contributed by atoms with van der Waals surface area (Å²) in [6.45, 7) is 0. The molecule has 4 heteroatoms. The van der Waals surface area contributed by atoms with Crippen LogP contribution in [0.2, 0.25) is 0 Å². The topological polar surface area (TPSA) is 62.0 Å². The zero-order valence-corrected chi connectivity index (χ0v) is 14.2. The third kappa shape index (κ3) is 1.64. The molecule has 2 aromatic carbocycles. The van der Waals surface area contributed by atoms with Crippen LogP contribution in [0.3, 0.4) is 0 Å². The van der Waals surface area contributed by atoms with Crippen LogP contribution in [-0.4, -0.2) is 16.8 Å². The fraction of sp³-hybridized carbons (Fsp3) is 0.273. The first kappa shape index (κ1) is 14.3. The zero-order valence-electron chi connectivity index (χ0n) is 14.2. The van der Waals surface area contributed by atoms with Crippen molar-refractivity contribution < 1.29 is 9.59 Å². The van der Waals surface area contributed by atoms with E-state index >= 15 is 0 Å². The molecule has 1 saturated heterocycles. The number of imide groups is 1. The summed E-state index contributed by atoms with van der Waals surface area (Å²) in [6, 6.07) is 16.6. The van der Waals surface area contributed by atoms with E-state index in [4.69, 9.17) is 0 Å². The highest BCUT2D eigenvalue weighted by Crippen LogP contribution is 2.58. The highest BCUT2D eigenvalue weighted by Gasteiger charge is 2.56. The second kappa shape index (κ2) is 4.85. The third-order valence-electron chi connectivity index (χ3n) is 6.61. The number of amides is 2. The number of hydrogen-bond acceptors (Lipinski definition) is 2. The molecule has 6 rings (SSSR count). The van der Waals surface area contributed by atoms with Crippen molar-refractivity contribution in [3.8, 4) is 0 Å². The number of hydrogen-bond donors (Lipinski definition) is 2. The van der Waals surface area contributed by atoms with E-state index in [0.29, 0.717) is 0 Å². The minimum absolute atomic E-state index is 0.0666. The molecular formula is C22H18N2O2. The van der Waals surface area contributed by atoms with E-state index in [0.717, 1.165) is 35.0 Å². The molecule has 2 aliphatic carbocycles. The predicted octanol–water partition coefficient (Wildman–Crippen LogP) is 3.35. The van der Waals surface area contributed by atoms with Gasteiger partial charge in [0.15, 0.2) is 0 Å². The summed E-state index contributed by atoms with van der Waals surface area (Å²) in [4.78, 5) is 29.2. The number of aromatic nitrogens is 1. The van der Waals surface area contributed by atoms with Crippen LogP contribution in [0.15, 0.2) is 48.5 Å². The van der Waals surface area contributed by atoms with Crippen LogP contribution in [0.25, 0.3) is 10.9 Å². The van der Waals surface area contributed by atoms with Crippen LogP contribution < -0.4 is 5.32 Å². The van der Waals surface area contributed by atoms with Gasteiger partial charge in [-0.1, -0.05) is 42.5 Å². The summed E-state index contributed by atoms with van der Waals surface area (Å²) in [5.74, 6) is -0.626. The van der Waals surface area contributed by atoms with Crippen molar-refractivity contribution in [1.82, 2.24) is 10.3 Å². The molecule has 0 radical (unpaired) electrons. The third-order valence-corrected chi connectivity index (χ3v) is 6.61. The smallest absolute Gasteiger partial charge is 0.235 e. The van der Waals surface area contributed by atoms with Crippen LogP contribution in [0.5, 0.6) is 0 Å². The molecule has 0 bridgehead atoms. The van der Waals surface area contributed by atoms with Crippen LogP contribution in [-0.2, 0) is 16.0 Å². The van der Waals surface area contributed by atoms with Gasteiger partial charge in [-0.25, -0.2) is 0 Å². The molecule has 3 aliphatic rings. The molecule has 4 nitrogen and oxygen atoms in total. The number of H-pyrrole nitrogens is 1. The van der Waals surface area contributed by atoms with E-state index in [2.05, 4.69) is 40.6 Å². The molecule has 128 valence electrons. The van der Waals surface area contributed by atoms with E-state index in [9.17, 15) is 9.59 Å². The van der Waals surface area contributed by atoms with E-state index in [1.807, 2.05) is 18.2 Å². The van der Waals surface area contributed by atoms with Crippen LogP contribution in [0.1, 0.15) is 46.6 Å². The van der Waals surface area contributed by atoms with Gasteiger partial charge >= 0.3 is 0 Å². The SMILES string of the molecule is O=C1NC(=O)C2C1c1c([nH]c3ccccc13)C1CCc3ccccc3C12. The highest BCUT2D eigenvalue weighted by molar-refractivity contribution is 6.10. The molecule has 1 aliphatic heterocycles. The standard InChI is InChI=1S/C22H18N2O2/c25-21-18-16-12-6-2-1-5-11(12)9-10-14(16)20-17(19(18)22(26)24-21)13-7-3-4-8-15(13)23-20/h1-8,14,16,18-19,23H,9-10H2,(H,24,25,26). The average molecular weight is 342 g/mol. The molecule has 26 heavy (non-hydrogen) atoms. The maximum Gasteiger partial charge on any atom is 0.235 e. The van der Waals surface area contributed by atoms with Crippen LogP contribution in [0, 0.1) is 5.92 Å². The Morgan fingerprint density at radius 1 is 0.885 bits per heavy atom. The van der Waals surface area contributed by atoms with Gasteiger partial charge in [-0.05, 0) is 35.6 Å². The molecule has 1 fully saturated rings. The van der Waals surface area contributed by atoms with E-state index in [1.54, 1.807) is 0 Å². The Bertz CT molecular complexity index is 1100. The lowest BCUT2D eigenvalue weighted by molar-refractivity contribution is -0.126. The second-order valence-corrected chi connectivity index (χ2v) is 7.72. The first-order valence-corrected chi connectivity index (χ1v) is 9.27. The number of para-hydroxylation sites is 1. The molecule has 1 aromatic heterocycles. The van der Waals surface area contributed by atoms with Crippen molar-refractivity contribution in [3.63, 3.8) is 0 Å². The molecule has 4 unspecified atom stereocenters. The van der Waals surface area contributed by atoms with Gasteiger partial charge in [-0.3, -0.25) is 14.9 Å². The van der Waals surface area contributed by atoms with Gasteiger partial charge in [-0.15, -0.1) is 0 Å². The first-order valence-electron chi connectivity index (χ1n) is 9.27. The summed E-state index contributed by atoms with van der Waals surface area (Å²) in [6.07, 6.45) is 2.02. The zero-order chi connectivity index (χ0) is 17.4. The highest BCUT2D eigenvalue weighted by atomic mass is 16.2. The van der Waals surface area contributed by atoms with Gasteiger partial charge in [-0.2, -0.15) is 0 Å². The van der Waals surface area contributed by atoms with E-state index < -0.39 is 0 Å². The molecule has 0 saturated carbocycles. The lowest BCUT2D eigenvalue weighted by atomic mass is 9.60. The Hall–Kier alpha value is -2.88. The van der Waals surface area contributed by atoms with Crippen molar-refractivity contribution in [2.75, 3.05) is 0 Å². The Balaban J connectivity index is 1.68. The predicted molar refractivity (Wildman–Crippen MR) is 97.9 cm³/mol. The van der Waals surface area contributed by atoms with Crippen molar-refractivity contribution in [2.24, 2.45) is 5.92 Å². The minimum atomic E-state index is -0.388. The second-order valence-electron chi connectivity index (χ2n) is 7.72. The number of aromatic amines is 1. The maximum atomic E-state index is 12.8. The normalized spacial score (nSPS) is 28.9. The summed E-state index contributed by atoms with van der Waals surface area (Å²) >= 11 is 0. The molecule has 3 aromatic rings. The van der Waals surface area contributed by atoms with Gasteiger partial charge < -0.3 is 4.98 Å². The van der Waals surface area contributed by atoms with Crippen molar-refractivity contribution in [3.05, 3.63) is 70.9 Å². The van der Waals surface area contributed by atoms with Gasteiger partial charge in [0.05, 0.1) is 11.8 Å². The Labute approximate surface area is 150 Å². The summed E-state index contributed by atoms with van der Waals surface area (Å²) in [5, 5.41) is 3.71. The number of fused-ring (bicyclic) bond motifs is 10. The van der Waals surface area contributed by atoms with Gasteiger partial charge in [0.2, 0.25) is 11.8 Å². The molecule has 2 N–H and O–H groups in total. The molecule has 0 spiro atoms. The monoisotopic (exact) mass is 342 g/mol. The summed E-state index contributed by atoms with van der Waals surface area (Å²) in [7, 11) is 0. The fourth-order valence-corrected chi connectivity index (χ4v) is 5.65. The number of aryl methyl sites for hydroxylation is 1. The molecule has 4 atom stereocenters. The lowest BCUT2D eigenvalue weighted by Crippen LogP contribution is -2.36. The fourth-order valence-electron chi connectivity index (χ4n) is 5.65. The molecular weight excluding hydrogens is 324 g/mol.